The number of halogens is 1. The van der Waals surface area contributed by atoms with Crippen molar-refractivity contribution in [2.75, 3.05) is 57.5 Å². The average molecular weight is 543 g/mol. The number of benzene rings is 3. The average Bonchev–Trinajstić information content (AvgIpc) is 3.35. The van der Waals surface area contributed by atoms with E-state index in [0.717, 1.165) is 82.9 Å². The quantitative estimate of drug-likeness (QED) is 0.360. The van der Waals surface area contributed by atoms with Crippen molar-refractivity contribution >= 4 is 16.8 Å². The minimum Gasteiger partial charge on any atom is -0.508 e. The van der Waals surface area contributed by atoms with Crippen LogP contribution in [0.5, 0.6) is 11.5 Å². The summed E-state index contributed by atoms with van der Waals surface area (Å²) in [5, 5.41) is 10.3. The second-order valence-corrected chi connectivity index (χ2v) is 11.1. The second-order valence-electron chi connectivity index (χ2n) is 11.1. The SMILES string of the molecule is Oc1ccc2c(c1)CCCC(c1ccccc1N1CCOCC1)=C2c1ccc(O[C@H]2CCN(CCCF)C2)cc1. The van der Waals surface area contributed by atoms with Crippen LogP contribution >= 0.6 is 0 Å². The van der Waals surface area contributed by atoms with E-state index in [1.54, 1.807) is 0 Å². The van der Waals surface area contributed by atoms with E-state index >= 15 is 0 Å². The Morgan fingerprint density at radius 2 is 1.75 bits per heavy atom. The van der Waals surface area contributed by atoms with Crippen molar-refractivity contribution in [2.24, 2.45) is 0 Å². The number of phenolic OH excluding ortho intramolecular Hbond substituents is 1. The molecule has 210 valence electrons. The largest absolute Gasteiger partial charge is 0.508 e. The molecule has 0 aromatic heterocycles. The summed E-state index contributed by atoms with van der Waals surface area (Å²) in [5.74, 6) is 1.19. The van der Waals surface area contributed by atoms with E-state index in [-0.39, 0.29) is 12.8 Å². The summed E-state index contributed by atoms with van der Waals surface area (Å²) < 4.78 is 24.6. The molecule has 2 saturated heterocycles. The van der Waals surface area contributed by atoms with Crippen LogP contribution in [0.4, 0.5) is 10.1 Å². The zero-order valence-corrected chi connectivity index (χ0v) is 23.2. The Hall–Kier alpha value is -3.35. The molecule has 1 atom stereocenters. The van der Waals surface area contributed by atoms with Gasteiger partial charge in [0.25, 0.3) is 0 Å². The standard InChI is InChI=1S/C34H39FN2O3/c35-16-4-17-36-18-15-29(24-36)40-28-12-9-25(10-13-28)34-30-14-11-27(38)23-26(30)5-3-7-32(34)31-6-1-2-8-33(31)37-19-21-39-22-20-37/h1-2,6,8-14,23,29,38H,3-5,7,15-22,24H2/t29-/m0/s1. The summed E-state index contributed by atoms with van der Waals surface area (Å²) >= 11 is 0. The van der Waals surface area contributed by atoms with E-state index < -0.39 is 0 Å². The fourth-order valence-electron chi connectivity index (χ4n) is 6.45. The molecule has 0 amide bonds. The van der Waals surface area contributed by atoms with Gasteiger partial charge < -0.3 is 19.5 Å². The minimum atomic E-state index is -0.263. The molecule has 0 radical (unpaired) electrons. The lowest BCUT2D eigenvalue weighted by molar-refractivity contribution is 0.122. The van der Waals surface area contributed by atoms with Gasteiger partial charge in [-0.05, 0) is 90.3 Å². The number of alkyl halides is 1. The van der Waals surface area contributed by atoms with Gasteiger partial charge in [-0.1, -0.05) is 36.4 Å². The van der Waals surface area contributed by atoms with Crippen LogP contribution in [0.3, 0.4) is 0 Å². The normalized spacial score (nSPS) is 19.9. The Morgan fingerprint density at radius 1 is 0.925 bits per heavy atom. The smallest absolute Gasteiger partial charge is 0.119 e. The van der Waals surface area contributed by atoms with E-state index in [4.69, 9.17) is 9.47 Å². The first kappa shape index (κ1) is 26.9. The van der Waals surface area contributed by atoms with E-state index in [1.807, 2.05) is 12.1 Å². The number of hydrogen-bond acceptors (Lipinski definition) is 5. The molecule has 3 aromatic carbocycles. The number of para-hydroxylation sites is 1. The maximum atomic E-state index is 12.6. The predicted octanol–water partition coefficient (Wildman–Crippen LogP) is 6.34. The molecule has 0 saturated carbocycles. The zero-order valence-electron chi connectivity index (χ0n) is 23.2. The molecule has 0 spiro atoms. The number of ether oxygens (including phenoxy) is 2. The fourth-order valence-corrected chi connectivity index (χ4v) is 6.45. The van der Waals surface area contributed by atoms with Crippen molar-refractivity contribution in [2.45, 2.75) is 38.2 Å². The van der Waals surface area contributed by atoms with Crippen LogP contribution in [0.15, 0.2) is 66.7 Å². The first-order valence-corrected chi connectivity index (χ1v) is 14.7. The van der Waals surface area contributed by atoms with Gasteiger partial charge >= 0.3 is 0 Å². The van der Waals surface area contributed by atoms with Gasteiger partial charge in [0.15, 0.2) is 0 Å². The van der Waals surface area contributed by atoms with Crippen molar-refractivity contribution in [1.82, 2.24) is 4.90 Å². The molecule has 6 heteroatoms. The van der Waals surface area contributed by atoms with Gasteiger partial charge in [0, 0.05) is 44.0 Å². The molecule has 2 aliphatic heterocycles. The van der Waals surface area contributed by atoms with E-state index in [9.17, 15) is 9.50 Å². The third kappa shape index (κ3) is 5.89. The minimum absolute atomic E-state index is 0.141. The predicted molar refractivity (Wildman–Crippen MR) is 159 cm³/mol. The van der Waals surface area contributed by atoms with Gasteiger partial charge in [0.2, 0.25) is 0 Å². The van der Waals surface area contributed by atoms with Gasteiger partial charge in [-0.2, -0.15) is 0 Å². The van der Waals surface area contributed by atoms with Crippen molar-refractivity contribution in [1.29, 1.82) is 0 Å². The number of anilines is 1. The van der Waals surface area contributed by atoms with Crippen molar-refractivity contribution in [3.8, 4) is 11.5 Å². The lowest BCUT2D eigenvalue weighted by Gasteiger charge is -2.31. The van der Waals surface area contributed by atoms with Crippen LogP contribution in [-0.4, -0.2) is 68.7 Å². The van der Waals surface area contributed by atoms with Crippen LogP contribution in [0.1, 0.15) is 47.9 Å². The molecule has 5 nitrogen and oxygen atoms in total. The maximum absolute atomic E-state index is 12.6. The highest BCUT2D eigenvalue weighted by Crippen LogP contribution is 2.43. The third-order valence-corrected chi connectivity index (χ3v) is 8.40. The Bertz CT molecular complexity index is 1330. The maximum Gasteiger partial charge on any atom is 0.119 e. The van der Waals surface area contributed by atoms with Crippen LogP contribution in [0, 0.1) is 0 Å². The fraction of sp³-hybridized carbons (Fsp3) is 0.412. The summed E-state index contributed by atoms with van der Waals surface area (Å²) in [7, 11) is 0. The molecule has 6 rings (SSSR count). The van der Waals surface area contributed by atoms with Gasteiger partial charge in [-0.25, -0.2) is 0 Å². The lowest BCUT2D eigenvalue weighted by atomic mass is 9.87. The number of nitrogens with zero attached hydrogens (tertiary/aromatic N) is 2. The Labute approximate surface area is 236 Å². The number of aromatic hydroxyl groups is 1. The molecule has 0 unspecified atom stereocenters. The Balaban J connectivity index is 1.36. The third-order valence-electron chi connectivity index (χ3n) is 8.40. The summed E-state index contributed by atoms with van der Waals surface area (Å²) in [6.45, 7) is 5.63. The number of allylic oxidation sites excluding steroid dienone is 1. The number of phenols is 1. The van der Waals surface area contributed by atoms with E-state index in [2.05, 4.69) is 64.4 Å². The highest BCUT2D eigenvalue weighted by atomic mass is 19.1. The molecule has 2 heterocycles. The van der Waals surface area contributed by atoms with E-state index in [0.29, 0.717) is 12.2 Å². The number of fused-ring (bicyclic) bond motifs is 1. The monoisotopic (exact) mass is 542 g/mol. The first-order chi connectivity index (χ1) is 19.7. The van der Waals surface area contributed by atoms with Crippen molar-refractivity contribution in [3.63, 3.8) is 0 Å². The van der Waals surface area contributed by atoms with Crippen molar-refractivity contribution in [3.05, 3.63) is 89.0 Å². The molecule has 1 N–H and O–H groups in total. The molecule has 1 aliphatic carbocycles. The summed E-state index contributed by atoms with van der Waals surface area (Å²) in [5.41, 5.74) is 8.66. The molecule has 3 aromatic rings. The van der Waals surface area contributed by atoms with Gasteiger partial charge in [-0.3, -0.25) is 9.29 Å². The summed E-state index contributed by atoms with van der Waals surface area (Å²) in [6.07, 6.45) is 4.61. The topological polar surface area (TPSA) is 45.2 Å². The van der Waals surface area contributed by atoms with Gasteiger partial charge in [0.1, 0.15) is 17.6 Å². The first-order valence-electron chi connectivity index (χ1n) is 14.7. The highest BCUT2D eigenvalue weighted by Gasteiger charge is 2.26. The van der Waals surface area contributed by atoms with Crippen LogP contribution < -0.4 is 9.64 Å². The number of morpholine rings is 1. The molecule has 0 bridgehead atoms. The van der Waals surface area contributed by atoms with Crippen LogP contribution in [-0.2, 0) is 11.2 Å². The van der Waals surface area contributed by atoms with Gasteiger partial charge in [-0.15, -0.1) is 0 Å². The Kier molecular flexibility index (Phi) is 8.35. The highest BCUT2D eigenvalue weighted by molar-refractivity contribution is 6.02. The lowest BCUT2D eigenvalue weighted by Crippen LogP contribution is -2.36. The number of hydrogen-bond donors (Lipinski definition) is 1. The number of aryl methyl sites for hydroxylation is 1. The molecule has 3 aliphatic rings. The van der Waals surface area contributed by atoms with Crippen molar-refractivity contribution < 1.29 is 19.0 Å². The van der Waals surface area contributed by atoms with Gasteiger partial charge in [0.05, 0.1) is 19.9 Å². The number of rotatable bonds is 8. The zero-order chi connectivity index (χ0) is 27.3. The Morgan fingerprint density at radius 3 is 2.58 bits per heavy atom. The molecule has 2 fully saturated rings. The number of likely N-dealkylation sites (tertiary alicyclic amines) is 1. The van der Waals surface area contributed by atoms with Crippen LogP contribution in [0.2, 0.25) is 0 Å². The molecular weight excluding hydrogens is 503 g/mol. The molecule has 40 heavy (non-hydrogen) atoms. The van der Waals surface area contributed by atoms with E-state index in [1.165, 1.54) is 33.5 Å². The second kappa shape index (κ2) is 12.4. The summed E-state index contributed by atoms with van der Waals surface area (Å²) in [4.78, 5) is 4.74. The summed E-state index contributed by atoms with van der Waals surface area (Å²) in [6, 6.07) is 23.1. The molecular formula is C34H39FN2O3. The van der Waals surface area contributed by atoms with Crippen LogP contribution in [0.25, 0.3) is 11.1 Å².